The number of carbonyl (C=O) groups excluding carboxylic acids is 1. The normalized spacial score (nSPS) is 24.1. The van der Waals surface area contributed by atoms with Crippen molar-refractivity contribution in [2.24, 2.45) is 17.3 Å². The Morgan fingerprint density at radius 1 is 1.38 bits per heavy atom. The Balaban J connectivity index is 2.72. The number of nitrogens with one attached hydrogen (secondary N) is 2. The number of aliphatic carboxylic acids is 1. The number of carboxylic acids is 1. The molecule has 1 heterocycles. The van der Waals surface area contributed by atoms with E-state index < -0.39 is 35.9 Å². The molecule has 1 amide bonds. The molecule has 1 rings (SSSR count). The molecule has 0 radical (unpaired) electrons. The Hall–Kier alpha value is -1.31. The van der Waals surface area contributed by atoms with Crippen molar-refractivity contribution in [3.63, 3.8) is 0 Å². The molecule has 0 aromatic rings. The van der Waals surface area contributed by atoms with Crippen LogP contribution in [-0.4, -0.2) is 42.8 Å². The van der Waals surface area contributed by atoms with Crippen LogP contribution in [0.1, 0.15) is 26.7 Å². The Bertz CT molecular complexity index is 391. The maximum Gasteiger partial charge on any atom is 0.404 e. The summed E-state index contributed by atoms with van der Waals surface area (Å²) in [6, 6.07) is 0. The van der Waals surface area contributed by atoms with E-state index in [2.05, 4.69) is 10.6 Å². The first-order chi connectivity index (χ1) is 9.60. The quantitative estimate of drug-likeness (QED) is 0.693. The molecule has 0 aromatic carbocycles. The van der Waals surface area contributed by atoms with Gasteiger partial charge in [-0.2, -0.15) is 13.2 Å². The summed E-state index contributed by atoms with van der Waals surface area (Å²) in [6.45, 7) is 2.99. The number of hydrogen-bond acceptors (Lipinski definition) is 3. The number of hydrogen-bond donors (Lipinski definition) is 3. The summed E-state index contributed by atoms with van der Waals surface area (Å²) >= 11 is 0. The molecule has 122 valence electrons. The highest BCUT2D eigenvalue weighted by atomic mass is 19.4. The van der Waals surface area contributed by atoms with Crippen LogP contribution in [0.25, 0.3) is 0 Å². The molecule has 0 aliphatic carbocycles. The van der Waals surface area contributed by atoms with Gasteiger partial charge in [0, 0.05) is 13.1 Å². The third kappa shape index (κ3) is 4.09. The SMILES string of the molecule is CC(C)CC(CNC(=O)C1(C(F)(F)F)CCNC1)C(=O)O. The summed E-state index contributed by atoms with van der Waals surface area (Å²) < 4.78 is 39.4. The average Bonchev–Trinajstić information content (AvgIpc) is 2.83. The third-order valence-corrected chi connectivity index (χ3v) is 3.75. The standard InChI is InChI=1S/C13H21F3N2O3/c1-8(2)5-9(10(19)20)6-18-11(21)12(13(14,15)16)3-4-17-7-12/h8-9,17H,3-7H2,1-2H3,(H,18,21)(H,19,20). The van der Waals surface area contributed by atoms with Gasteiger partial charge in [-0.3, -0.25) is 9.59 Å². The van der Waals surface area contributed by atoms with E-state index in [0.29, 0.717) is 6.42 Å². The number of amides is 1. The van der Waals surface area contributed by atoms with Crippen molar-refractivity contribution in [3.8, 4) is 0 Å². The van der Waals surface area contributed by atoms with Crippen LogP contribution in [0.4, 0.5) is 13.2 Å². The summed E-state index contributed by atoms with van der Waals surface area (Å²) in [5.74, 6) is -3.06. The minimum Gasteiger partial charge on any atom is -0.481 e. The van der Waals surface area contributed by atoms with E-state index in [1.54, 1.807) is 0 Å². The molecule has 21 heavy (non-hydrogen) atoms. The third-order valence-electron chi connectivity index (χ3n) is 3.75. The Morgan fingerprint density at radius 3 is 2.38 bits per heavy atom. The van der Waals surface area contributed by atoms with Gasteiger partial charge in [-0.05, 0) is 25.3 Å². The van der Waals surface area contributed by atoms with E-state index in [0.717, 1.165) is 0 Å². The van der Waals surface area contributed by atoms with Gasteiger partial charge in [0.05, 0.1) is 5.92 Å². The number of carbonyl (C=O) groups is 2. The summed E-state index contributed by atoms with van der Waals surface area (Å²) in [6.07, 6.45) is -4.69. The molecule has 5 nitrogen and oxygen atoms in total. The second kappa shape index (κ2) is 6.64. The zero-order valence-corrected chi connectivity index (χ0v) is 12.1. The number of alkyl halides is 3. The fourth-order valence-corrected chi connectivity index (χ4v) is 2.48. The molecule has 1 aliphatic rings. The number of carboxylic acid groups (broad SMARTS) is 1. The smallest absolute Gasteiger partial charge is 0.404 e. The molecule has 0 aromatic heterocycles. The fourth-order valence-electron chi connectivity index (χ4n) is 2.48. The average molecular weight is 310 g/mol. The van der Waals surface area contributed by atoms with Gasteiger partial charge < -0.3 is 15.7 Å². The highest BCUT2D eigenvalue weighted by molar-refractivity contribution is 5.84. The molecule has 1 fully saturated rings. The molecule has 0 spiro atoms. The first kappa shape index (κ1) is 17.7. The first-order valence-corrected chi connectivity index (χ1v) is 6.88. The summed E-state index contributed by atoms with van der Waals surface area (Å²) in [4.78, 5) is 23.0. The molecular weight excluding hydrogens is 289 g/mol. The van der Waals surface area contributed by atoms with Crippen LogP contribution >= 0.6 is 0 Å². The van der Waals surface area contributed by atoms with E-state index >= 15 is 0 Å². The highest BCUT2D eigenvalue weighted by Crippen LogP contribution is 2.43. The van der Waals surface area contributed by atoms with E-state index in [-0.39, 0.29) is 25.4 Å². The van der Waals surface area contributed by atoms with Gasteiger partial charge >= 0.3 is 12.1 Å². The second-order valence-electron chi connectivity index (χ2n) is 5.88. The molecule has 0 bridgehead atoms. The van der Waals surface area contributed by atoms with Crippen LogP contribution in [0, 0.1) is 17.3 Å². The van der Waals surface area contributed by atoms with Gasteiger partial charge in [0.15, 0.2) is 5.41 Å². The van der Waals surface area contributed by atoms with Crippen LogP contribution < -0.4 is 10.6 Å². The van der Waals surface area contributed by atoms with Crippen molar-refractivity contribution in [2.75, 3.05) is 19.6 Å². The molecule has 1 aliphatic heterocycles. The van der Waals surface area contributed by atoms with E-state index in [9.17, 15) is 22.8 Å². The fraction of sp³-hybridized carbons (Fsp3) is 0.846. The van der Waals surface area contributed by atoms with E-state index in [4.69, 9.17) is 5.11 Å². The van der Waals surface area contributed by atoms with Gasteiger partial charge in [-0.1, -0.05) is 13.8 Å². The van der Waals surface area contributed by atoms with Crippen molar-refractivity contribution >= 4 is 11.9 Å². The molecule has 8 heteroatoms. The van der Waals surface area contributed by atoms with E-state index in [1.807, 2.05) is 13.8 Å². The topological polar surface area (TPSA) is 78.4 Å². The predicted octanol–water partition coefficient (Wildman–Crippen LogP) is 1.39. The minimum absolute atomic E-state index is 0.0766. The van der Waals surface area contributed by atoms with Crippen LogP contribution in [0.2, 0.25) is 0 Å². The molecular formula is C13H21F3N2O3. The monoisotopic (exact) mass is 310 g/mol. The Kier molecular flexibility index (Phi) is 5.61. The van der Waals surface area contributed by atoms with Gasteiger partial charge in [0.2, 0.25) is 5.91 Å². The van der Waals surface area contributed by atoms with Gasteiger partial charge in [0.25, 0.3) is 0 Å². The minimum atomic E-state index is -4.66. The van der Waals surface area contributed by atoms with Crippen molar-refractivity contribution in [1.82, 2.24) is 10.6 Å². The van der Waals surface area contributed by atoms with Crippen LogP contribution in [0.15, 0.2) is 0 Å². The van der Waals surface area contributed by atoms with Crippen molar-refractivity contribution in [1.29, 1.82) is 0 Å². The lowest BCUT2D eigenvalue weighted by Gasteiger charge is -2.30. The maximum absolute atomic E-state index is 13.1. The zero-order chi connectivity index (χ0) is 16.3. The maximum atomic E-state index is 13.1. The van der Waals surface area contributed by atoms with Crippen molar-refractivity contribution < 1.29 is 27.9 Å². The Morgan fingerprint density at radius 2 is 2.00 bits per heavy atom. The van der Waals surface area contributed by atoms with Gasteiger partial charge in [0.1, 0.15) is 0 Å². The summed E-state index contributed by atoms with van der Waals surface area (Å²) in [7, 11) is 0. The lowest BCUT2D eigenvalue weighted by Crippen LogP contribution is -2.53. The lowest BCUT2D eigenvalue weighted by atomic mass is 9.85. The summed E-state index contributed by atoms with van der Waals surface area (Å²) in [5.41, 5.74) is -2.45. The van der Waals surface area contributed by atoms with Crippen molar-refractivity contribution in [2.45, 2.75) is 32.9 Å². The molecule has 2 unspecified atom stereocenters. The summed E-state index contributed by atoms with van der Waals surface area (Å²) in [5, 5.41) is 13.8. The van der Waals surface area contributed by atoms with E-state index in [1.165, 1.54) is 0 Å². The van der Waals surface area contributed by atoms with Gasteiger partial charge in [-0.25, -0.2) is 0 Å². The molecule has 2 atom stereocenters. The van der Waals surface area contributed by atoms with Crippen LogP contribution in [0.3, 0.4) is 0 Å². The lowest BCUT2D eigenvalue weighted by molar-refractivity contribution is -0.216. The highest BCUT2D eigenvalue weighted by Gasteiger charge is 2.61. The second-order valence-corrected chi connectivity index (χ2v) is 5.88. The predicted molar refractivity (Wildman–Crippen MR) is 69.6 cm³/mol. The number of rotatable bonds is 6. The number of halogens is 3. The van der Waals surface area contributed by atoms with Gasteiger partial charge in [-0.15, -0.1) is 0 Å². The molecule has 3 N–H and O–H groups in total. The van der Waals surface area contributed by atoms with Crippen LogP contribution in [-0.2, 0) is 9.59 Å². The molecule has 0 saturated carbocycles. The van der Waals surface area contributed by atoms with Crippen molar-refractivity contribution in [3.05, 3.63) is 0 Å². The Labute approximate surface area is 121 Å². The first-order valence-electron chi connectivity index (χ1n) is 6.88. The zero-order valence-electron chi connectivity index (χ0n) is 12.1. The van der Waals surface area contributed by atoms with Crippen LogP contribution in [0.5, 0.6) is 0 Å². The largest absolute Gasteiger partial charge is 0.481 e. The molecule has 1 saturated heterocycles.